The third-order valence-corrected chi connectivity index (χ3v) is 4.25. The third kappa shape index (κ3) is 3.58. The fourth-order valence-electron chi connectivity index (χ4n) is 2.93. The molecule has 1 aliphatic heterocycles. The summed E-state index contributed by atoms with van der Waals surface area (Å²) in [5.74, 6) is -0.972. The van der Waals surface area contributed by atoms with Gasteiger partial charge in [-0.15, -0.1) is 0 Å². The number of alkyl halides is 6. The van der Waals surface area contributed by atoms with Crippen LogP contribution in [-0.2, 0) is 0 Å². The molecule has 0 unspecified atom stereocenters. The van der Waals surface area contributed by atoms with Crippen molar-refractivity contribution in [3.63, 3.8) is 0 Å². The molecule has 0 aliphatic carbocycles. The average molecular weight is 414 g/mol. The zero-order chi connectivity index (χ0) is 21.4. The van der Waals surface area contributed by atoms with E-state index in [4.69, 9.17) is 0 Å². The molecule has 3 rings (SSSR count). The lowest BCUT2D eigenvalue weighted by Crippen LogP contribution is -2.60. The first kappa shape index (κ1) is 20.8. The monoisotopic (exact) mass is 414 g/mol. The molecular formula is C19H16F6N4. The lowest BCUT2D eigenvalue weighted by molar-refractivity contribution is -0.293. The second-order valence-corrected chi connectivity index (χ2v) is 6.61. The molecular weight excluding hydrogens is 398 g/mol. The average Bonchev–Trinajstić information content (AvgIpc) is 2.66. The number of halogens is 6. The molecule has 2 heterocycles. The molecule has 0 saturated carbocycles. The third-order valence-electron chi connectivity index (χ3n) is 4.25. The van der Waals surface area contributed by atoms with E-state index in [2.05, 4.69) is 15.0 Å². The molecule has 1 aromatic heterocycles. The number of nitrogens with zero attached hydrogens (tertiary/aromatic N) is 4. The van der Waals surface area contributed by atoms with Crippen molar-refractivity contribution >= 4 is 11.7 Å². The van der Waals surface area contributed by atoms with Crippen LogP contribution in [0, 0.1) is 0 Å². The quantitative estimate of drug-likeness (QED) is 0.676. The number of hydrogen-bond acceptors (Lipinski definition) is 4. The molecule has 154 valence electrons. The van der Waals surface area contributed by atoms with Crippen LogP contribution in [0.4, 0.5) is 26.3 Å². The van der Waals surface area contributed by atoms with Crippen molar-refractivity contribution in [3.05, 3.63) is 66.0 Å². The SMILES string of the molecule is CC(C)N1C(c2ccccc2)=NC(C(F)(F)F)(C(F)(F)F)N=C1c1cccnc1. The molecule has 0 spiro atoms. The fourth-order valence-corrected chi connectivity index (χ4v) is 2.93. The van der Waals surface area contributed by atoms with Gasteiger partial charge in [0.25, 0.3) is 0 Å². The van der Waals surface area contributed by atoms with Crippen molar-refractivity contribution in [2.75, 3.05) is 0 Å². The first-order chi connectivity index (χ1) is 13.5. The molecule has 0 radical (unpaired) electrons. The van der Waals surface area contributed by atoms with Gasteiger partial charge in [0.1, 0.15) is 11.7 Å². The van der Waals surface area contributed by atoms with Crippen molar-refractivity contribution in [1.29, 1.82) is 0 Å². The van der Waals surface area contributed by atoms with E-state index in [9.17, 15) is 26.3 Å². The van der Waals surface area contributed by atoms with Crippen LogP contribution < -0.4 is 0 Å². The van der Waals surface area contributed by atoms with E-state index in [0.29, 0.717) is 0 Å². The summed E-state index contributed by atoms with van der Waals surface area (Å²) in [5.41, 5.74) is -4.50. The van der Waals surface area contributed by atoms with E-state index in [0.717, 1.165) is 0 Å². The Labute approximate surface area is 162 Å². The highest BCUT2D eigenvalue weighted by Crippen LogP contribution is 2.49. The van der Waals surface area contributed by atoms with Gasteiger partial charge in [-0.2, -0.15) is 26.3 Å². The van der Waals surface area contributed by atoms with E-state index in [-0.39, 0.29) is 11.1 Å². The number of rotatable bonds is 3. The highest BCUT2D eigenvalue weighted by atomic mass is 19.4. The topological polar surface area (TPSA) is 40.9 Å². The summed E-state index contributed by atoms with van der Waals surface area (Å²) in [5, 5.41) is 0. The summed E-state index contributed by atoms with van der Waals surface area (Å²) < 4.78 is 83.0. The molecule has 0 bridgehead atoms. The van der Waals surface area contributed by atoms with Gasteiger partial charge in [-0.3, -0.25) is 4.98 Å². The van der Waals surface area contributed by atoms with Gasteiger partial charge in [-0.25, -0.2) is 9.98 Å². The minimum Gasteiger partial charge on any atom is -0.308 e. The van der Waals surface area contributed by atoms with Crippen LogP contribution in [0.15, 0.2) is 64.8 Å². The molecule has 10 heteroatoms. The molecule has 1 aromatic carbocycles. The van der Waals surface area contributed by atoms with Crippen molar-refractivity contribution in [1.82, 2.24) is 9.88 Å². The lowest BCUT2D eigenvalue weighted by Gasteiger charge is -2.41. The molecule has 0 atom stereocenters. The van der Waals surface area contributed by atoms with Crippen LogP contribution in [0.25, 0.3) is 0 Å². The van der Waals surface area contributed by atoms with Gasteiger partial charge in [-0.05, 0) is 26.0 Å². The normalized spacial score (nSPS) is 17.2. The van der Waals surface area contributed by atoms with Crippen LogP contribution >= 0.6 is 0 Å². The number of benzene rings is 1. The second-order valence-electron chi connectivity index (χ2n) is 6.61. The summed E-state index contributed by atoms with van der Waals surface area (Å²) in [6.07, 6.45) is -9.08. The van der Waals surface area contributed by atoms with Crippen LogP contribution in [0.1, 0.15) is 25.0 Å². The fraction of sp³-hybridized carbons (Fsp3) is 0.316. The van der Waals surface area contributed by atoms with Gasteiger partial charge in [0.15, 0.2) is 0 Å². The van der Waals surface area contributed by atoms with Crippen molar-refractivity contribution in [2.45, 2.75) is 37.9 Å². The Morgan fingerprint density at radius 1 is 0.793 bits per heavy atom. The minimum atomic E-state index is -5.80. The summed E-state index contributed by atoms with van der Waals surface area (Å²) in [4.78, 5) is 11.4. The maximum Gasteiger partial charge on any atom is 0.443 e. The van der Waals surface area contributed by atoms with Gasteiger partial charge in [0.2, 0.25) is 0 Å². The van der Waals surface area contributed by atoms with E-state index in [1.165, 1.54) is 53.7 Å². The van der Waals surface area contributed by atoms with Crippen molar-refractivity contribution in [2.24, 2.45) is 9.98 Å². The Morgan fingerprint density at radius 2 is 1.31 bits per heavy atom. The minimum absolute atomic E-state index is 0.0161. The lowest BCUT2D eigenvalue weighted by atomic mass is 10.0. The number of aliphatic imine (C=N–C) groups is 2. The summed E-state index contributed by atoms with van der Waals surface area (Å²) in [6, 6.07) is 9.65. The first-order valence-electron chi connectivity index (χ1n) is 8.56. The van der Waals surface area contributed by atoms with Crippen LogP contribution in [0.2, 0.25) is 0 Å². The summed E-state index contributed by atoms with van der Waals surface area (Å²) in [6.45, 7) is 3.25. The van der Waals surface area contributed by atoms with Gasteiger partial charge in [0.05, 0.1) is 0 Å². The zero-order valence-corrected chi connectivity index (χ0v) is 15.3. The highest BCUT2D eigenvalue weighted by Gasteiger charge is 2.74. The van der Waals surface area contributed by atoms with Gasteiger partial charge < -0.3 is 4.90 Å². The maximum atomic E-state index is 13.8. The van der Waals surface area contributed by atoms with Crippen LogP contribution in [0.3, 0.4) is 0 Å². The van der Waals surface area contributed by atoms with Crippen molar-refractivity contribution < 1.29 is 26.3 Å². The number of aromatic nitrogens is 1. The number of hydrogen-bond donors (Lipinski definition) is 0. The largest absolute Gasteiger partial charge is 0.443 e. The molecule has 0 N–H and O–H groups in total. The molecule has 0 saturated heterocycles. The molecule has 4 nitrogen and oxygen atoms in total. The maximum absolute atomic E-state index is 13.8. The second kappa shape index (κ2) is 7.16. The molecule has 0 fully saturated rings. The van der Waals surface area contributed by atoms with Crippen LogP contribution in [0.5, 0.6) is 0 Å². The Kier molecular flexibility index (Phi) is 5.14. The van der Waals surface area contributed by atoms with Gasteiger partial charge in [-0.1, -0.05) is 30.3 Å². The van der Waals surface area contributed by atoms with E-state index < -0.39 is 35.7 Å². The van der Waals surface area contributed by atoms with E-state index >= 15 is 0 Å². The van der Waals surface area contributed by atoms with Gasteiger partial charge >= 0.3 is 18.0 Å². The summed E-state index contributed by atoms with van der Waals surface area (Å²) >= 11 is 0. The highest BCUT2D eigenvalue weighted by molar-refractivity contribution is 6.16. The Morgan fingerprint density at radius 3 is 1.76 bits per heavy atom. The number of amidine groups is 2. The smallest absolute Gasteiger partial charge is 0.308 e. The predicted octanol–water partition coefficient (Wildman–Crippen LogP) is 4.82. The Balaban J connectivity index is 2.39. The Hall–Kier alpha value is -2.91. The van der Waals surface area contributed by atoms with Crippen LogP contribution in [-0.4, -0.2) is 45.6 Å². The molecule has 29 heavy (non-hydrogen) atoms. The predicted molar refractivity (Wildman–Crippen MR) is 95.6 cm³/mol. The van der Waals surface area contributed by atoms with E-state index in [1.807, 2.05) is 0 Å². The summed E-state index contributed by atoms with van der Waals surface area (Å²) in [7, 11) is 0. The molecule has 1 aliphatic rings. The van der Waals surface area contributed by atoms with Crippen molar-refractivity contribution in [3.8, 4) is 0 Å². The zero-order valence-electron chi connectivity index (χ0n) is 15.3. The Bertz CT molecular complexity index is 844. The first-order valence-corrected chi connectivity index (χ1v) is 8.56. The number of pyridine rings is 1. The van der Waals surface area contributed by atoms with Gasteiger partial charge in [0, 0.05) is 29.6 Å². The van der Waals surface area contributed by atoms with E-state index in [1.54, 1.807) is 19.9 Å². The molecule has 0 amide bonds. The standard InChI is InChI=1S/C19H16F6N4/c1-12(2)29-15(13-7-4-3-5-8-13)27-17(18(20,21)22,19(23,24)25)28-16(29)14-9-6-10-26-11-14/h3-12H,1-2H3. The molecule has 2 aromatic rings.